The Kier molecular flexibility index (Phi) is 5.21. The molecular formula is C13H15IN2O. The van der Waals surface area contributed by atoms with Crippen LogP contribution in [0.1, 0.15) is 11.3 Å². The first-order valence-corrected chi connectivity index (χ1v) is 6.38. The quantitative estimate of drug-likeness (QED) is 0.482. The molecule has 1 amide bonds. The molecule has 90 valence electrons. The lowest BCUT2D eigenvalue weighted by molar-refractivity contribution is -0.117. The number of halogens is 1. The Hall–Kier alpha value is -1.30. The van der Waals surface area contributed by atoms with E-state index in [-0.39, 0.29) is 9.83 Å². The van der Waals surface area contributed by atoms with E-state index >= 15 is 0 Å². The summed E-state index contributed by atoms with van der Waals surface area (Å²) in [4.78, 5) is 11.1. The zero-order chi connectivity index (χ0) is 12.8. The highest BCUT2D eigenvalue weighted by Crippen LogP contribution is 2.17. The van der Waals surface area contributed by atoms with Crippen LogP contribution in [0, 0.1) is 0 Å². The molecule has 0 aliphatic rings. The molecule has 1 atom stereocenters. The van der Waals surface area contributed by atoms with E-state index < -0.39 is 0 Å². The van der Waals surface area contributed by atoms with Crippen LogP contribution in [0.25, 0.3) is 12.2 Å². The summed E-state index contributed by atoms with van der Waals surface area (Å²) in [5.74, 6) is -0.307. The average Bonchev–Trinajstić information content (AvgIpc) is 2.68. The molecule has 0 unspecified atom stereocenters. The van der Waals surface area contributed by atoms with E-state index in [0.717, 1.165) is 11.3 Å². The minimum absolute atomic E-state index is 0.228. The standard InChI is InChI=1S/C13H15IN2O/c1-3-5-6-12-10(4-2)7-8-16(12)9-11(14)13(15)17/h3-8,11H,1-2,9H2,(H2,15,17)/b6-5-/t11-/m0/s1. The molecule has 4 heteroatoms. The molecule has 17 heavy (non-hydrogen) atoms. The average molecular weight is 342 g/mol. The lowest BCUT2D eigenvalue weighted by Crippen LogP contribution is -2.27. The number of allylic oxidation sites excluding steroid dienone is 2. The molecule has 0 saturated carbocycles. The van der Waals surface area contributed by atoms with Crippen LogP contribution in [0.3, 0.4) is 0 Å². The van der Waals surface area contributed by atoms with Gasteiger partial charge in [0.05, 0.1) is 0 Å². The van der Waals surface area contributed by atoms with Gasteiger partial charge in [0.1, 0.15) is 3.92 Å². The van der Waals surface area contributed by atoms with Crippen LogP contribution in [0.15, 0.2) is 37.6 Å². The fraction of sp³-hybridized carbons (Fsp3) is 0.154. The summed E-state index contributed by atoms with van der Waals surface area (Å²) < 4.78 is 1.76. The van der Waals surface area contributed by atoms with Gasteiger partial charge >= 0.3 is 0 Å². The number of rotatable bonds is 6. The van der Waals surface area contributed by atoms with E-state index in [4.69, 9.17) is 5.73 Å². The molecule has 0 aliphatic heterocycles. The minimum atomic E-state index is -0.307. The maximum absolute atomic E-state index is 11.1. The summed E-state index contributed by atoms with van der Waals surface area (Å²) in [7, 11) is 0. The molecule has 0 saturated heterocycles. The second kappa shape index (κ2) is 6.44. The Morgan fingerprint density at radius 3 is 2.82 bits per heavy atom. The highest BCUT2D eigenvalue weighted by Gasteiger charge is 2.13. The van der Waals surface area contributed by atoms with E-state index in [1.807, 2.05) is 51.6 Å². The number of nitrogens with two attached hydrogens (primary N) is 1. The van der Waals surface area contributed by atoms with Crippen molar-refractivity contribution in [2.75, 3.05) is 0 Å². The summed E-state index contributed by atoms with van der Waals surface area (Å²) in [6.07, 6.45) is 9.21. The first-order valence-electron chi connectivity index (χ1n) is 5.14. The number of nitrogens with zero attached hydrogens (tertiary/aromatic N) is 1. The van der Waals surface area contributed by atoms with Gasteiger partial charge in [-0.2, -0.15) is 0 Å². The molecule has 1 rings (SSSR count). The largest absolute Gasteiger partial charge is 0.369 e. The maximum atomic E-state index is 11.1. The molecule has 0 aliphatic carbocycles. The van der Waals surface area contributed by atoms with Gasteiger partial charge in [-0.3, -0.25) is 4.79 Å². The lowest BCUT2D eigenvalue weighted by Gasteiger charge is -2.10. The topological polar surface area (TPSA) is 48.0 Å². The van der Waals surface area contributed by atoms with Crippen molar-refractivity contribution in [2.45, 2.75) is 10.5 Å². The summed E-state index contributed by atoms with van der Waals surface area (Å²) in [6, 6.07) is 1.96. The van der Waals surface area contributed by atoms with Crippen molar-refractivity contribution < 1.29 is 4.79 Å². The van der Waals surface area contributed by atoms with Crippen molar-refractivity contribution in [1.82, 2.24) is 4.57 Å². The zero-order valence-electron chi connectivity index (χ0n) is 9.47. The smallest absolute Gasteiger partial charge is 0.232 e. The highest BCUT2D eigenvalue weighted by atomic mass is 127. The maximum Gasteiger partial charge on any atom is 0.232 e. The van der Waals surface area contributed by atoms with Crippen LogP contribution in [0.2, 0.25) is 0 Å². The molecule has 1 aromatic rings. The van der Waals surface area contributed by atoms with Crippen LogP contribution in [-0.2, 0) is 11.3 Å². The number of carbonyl (C=O) groups is 1. The third-order valence-electron chi connectivity index (χ3n) is 2.32. The first-order chi connectivity index (χ1) is 8.10. The molecule has 0 radical (unpaired) electrons. The molecule has 0 bridgehead atoms. The Morgan fingerprint density at radius 2 is 2.29 bits per heavy atom. The van der Waals surface area contributed by atoms with Gasteiger partial charge in [0.15, 0.2) is 0 Å². The fourth-order valence-corrected chi connectivity index (χ4v) is 1.87. The van der Waals surface area contributed by atoms with Gasteiger partial charge < -0.3 is 10.3 Å². The number of amides is 1. The van der Waals surface area contributed by atoms with Crippen molar-refractivity contribution in [3.05, 3.63) is 48.8 Å². The molecule has 2 N–H and O–H groups in total. The molecular weight excluding hydrogens is 327 g/mol. The molecule has 1 heterocycles. The van der Waals surface area contributed by atoms with Crippen molar-refractivity contribution in [1.29, 1.82) is 0 Å². The third kappa shape index (κ3) is 3.59. The number of aromatic nitrogens is 1. The van der Waals surface area contributed by atoms with Crippen molar-refractivity contribution in [3.8, 4) is 0 Å². The number of carbonyl (C=O) groups excluding carboxylic acids is 1. The Morgan fingerprint density at radius 1 is 1.59 bits per heavy atom. The van der Waals surface area contributed by atoms with Gasteiger partial charge in [-0.25, -0.2) is 0 Å². The predicted molar refractivity (Wildman–Crippen MR) is 80.8 cm³/mol. The number of primary amides is 1. The highest BCUT2D eigenvalue weighted by molar-refractivity contribution is 14.1. The van der Waals surface area contributed by atoms with Crippen LogP contribution >= 0.6 is 22.6 Å². The van der Waals surface area contributed by atoms with E-state index in [2.05, 4.69) is 13.2 Å². The van der Waals surface area contributed by atoms with Crippen LogP contribution < -0.4 is 5.73 Å². The molecule has 0 fully saturated rings. The SMILES string of the molecule is C=C/C=C\c1c(C=C)ccn1C[C@H](I)C(N)=O. The lowest BCUT2D eigenvalue weighted by atomic mass is 10.2. The van der Waals surface area contributed by atoms with Crippen LogP contribution in [0.5, 0.6) is 0 Å². The van der Waals surface area contributed by atoms with E-state index in [1.54, 1.807) is 12.2 Å². The summed E-state index contributed by atoms with van der Waals surface area (Å²) >= 11 is 2.05. The van der Waals surface area contributed by atoms with Crippen molar-refractivity contribution in [2.24, 2.45) is 5.73 Å². The van der Waals surface area contributed by atoms with Crippen molar-refractivity contribution >= 4 is 40.7 Å². The number of alkyl halides is 1. The van der Waals surface area contributed by atoms with Crippen molar-refractivity contribution in [3.63, 3.8) is 0 Å². The fourth-order valence-electron chi connectivity index (χ4n) is 1.45. The second-order valence-corrected chi connectivity index (χ2v) is 4.98. The van der Waals surface area contributed by atoms with E-state index in [0.29, 0.717) is 6.54 Å². The molecule has 3 nitrogen and oxygen atoms in total. The summed E-state index contributed by atoms with van der Waals surface area (Å²) in [5, 5.41) is 0. The Bertz CT molecular complexity index is 460. The van der Waals surface area contributed by atoms with E-state index in [1.165, 1.54) is 0 Å². The minimum Gasteiger partial charge on any atom is -0.369 e. The Balaban J connectivity index is 3.02. The third-order valence-corrected chi connectivity index (χ3v) is 3.32. The summed E-state index contributed by atoms with van der Waals surface area (Å²) in [5.41, 5.74) is 7.29. The van der Waals surface area contributed by atoms with Gasteiger partial charge in [-0.05, 0) is 17.7 Å². The van der Waals surface area contributed by atoms with Gasteiger partial charge in [0.2, 0.25) is 5.91 Å². The number of hydrogen-bond acceptors (Lipinski definition) is 1. The predicted octanol–water partition coefficient (Wildman–Crippen LogP) is 2.62. The zero-order valence-corrected chi connectivity index (χ0v) is 11.6. The van der Waals surface area contributed by atoms with Crippen LogP contribution in [-0.4, -0.2) is 14.4 Å². The van der Waals surface area contributed by atoms with Gasteiger partial charge in [-0.1, -0.05) is 54.0 Å². The van der Waals surface area contributed by atoms with Gasteiger partial charge in [0.25, 0.3) is 0 Å². The molecule has 1 aromatic heterocycles. The normalized spacial score (nSPS) is 12.5. The molecule has 0 aromatic carbocycles. The van der Waals surface area contributed by atoms with Gasteiger partial charge in [0, 0.05) is 18.4 Å². The second-order valence-electron chi connectivity index (χ2n) is 3.48. The first kappa shape index (κ1) is 13.8. The Labute approximate surface area is 115 Å². The van der Waals surface area contributed by atoms with E-state index in [9.17, 15) is 4.79 Å². The van der Waals surface area contributed by atoms with Crippen LogP contribution in [0.4, 0.5) is 0 Å². The monoisotopic (exact) mass is 342 g/mol. The summed E-state index contributed by atoms with van der Waals surface area (Å²) in [6.45, 7) is 7.95. The number of hydrogen-bond donors (Lipinski definition) is 1. The molecule has 0 spiro atoms. The van der Waals surface area contributed by atoms with Gasteiger partial charge in [-0.15, -0.1) is 0 Å².